The molecule has 2 amide bonds. The summed E-state index contributed by atoms with van der Waals surface area (Å²) in [6.45, 7) is 4.70. The zero-order valence-corrected chi connectivity index (χ0v) is 29.9. The standard InChI is InChI=1S/C42H54N4O4/c1-43(41(47)27-31-49-45(33-37-19-9-5-10-20-37)34-38-21-11-6-12-22-38)29-17-3-4-18-30-44(2)42(48)28-32-50-46(35-39-23-13-7-14-24-39)36-40-25-15-8-16-26-40/h5-16,19-26H,3-4,17-18,27-36H2,1-2H3. The second-order valence-electron chi connectivity index (χ2n) is 12.7. The lowest BCUT2D eigenvalue weighted by Gasteiger charge is -2.23. The monoisotopic (exact) mass is 678 g/mol. The van der Waals surface area contributed by atoms with Crippen molar-refractivity contribution in [2.45, 2.75) is 64.7 Å². The molecule has 0 atom stereocenters. The van der Waals surface area contributed by atoms with Crippen LogP contribution in [0.5, 0.6) is 0 Å². The molecular formula is C42H54N4O4. The summed E-state index contributed by atoms with van der Waals surface area (Å²) in [5.74, 6) is 0.172. The largest absolute Gasteiger partial charge is 0.346 e. The summed E-state index contributed by atoms with van der Waals surface area (Å²) >= 11 is 0. The third-order valence-electron chi connectivity index (χ3n) is 8.58. The minimum Gasteiger partial charge on any atom is -0.346 e. The molecule has 0 spiro atoms. The summed E-state index contributed by atoms with van der Waals surface area (Å²) < 4.78 is 0. The third-order valence-corrected chi connectivity index (χ3v) is 8.58. The second-order valence-corrected chi connectivity index (χ2v) is 12.7. The fourth-order valence-electron chi connectivity index (χ4n) is 5.65. The van der Waals surface area contributed by atoms with Crippen LogP contribution in [0.3, 0.4) is 0 Å². The van der Waals surface area contributed by atoms with Gasteiger partial charge in [-0.15, -0.1) is 0 Å². The van der Waals surface area contributed by atoms with Gasteiger partial charge in [0.15, 0.2) is 0 Å². The number of unbranched alkanes of at least 4 members (excludes halogenated alkanes) is 3. The molecule has 0 N–H and O–H groups in total. The number of nitrogens with zero attached hydrogens (tertiary/aromatic N) is 4. The molecule has 50 heavy (non-hydrogen) atoms. The summed E-state index contributed by atoms with van der Waals surface area (Å²) in [7, 11) is 3.73. The Labute approximate surface area is 299 Å². The number of hydrogen-bond acceptors (Lipinski definition) is 6. The molecule has 4 rings (SSSR count). The van der Waals surface area contributed by atoms with Crippen LogP contribution in [0.15, 0.2) is 121 Å². The summed E-state index contributed by atoms with van der Waals surface area (Å²) in [6.07, 6.45) is 4.56. The van der Waals surface area contributed by atoms with Crippen molar-refractivity contribution in [1.82, 2.24) is 19.9 Å². The molecule has 8 heteroatoms. The Kier molecular flexibility index (Phi) is 17.2. The molecule has 0 heterocycles. The molecule has 0 aromatic heterocycles. The molecule has 0 aliphatic carbocycles. The van der Waals surface area contributed by atoms with Crippen molar-refractivity contribution in [2.75, 3.05) is 40.4 Å². The fraction of sp³-hybridized carbons (Fsp3) is 0.381. The SMILES string of the molecule is CN(CCCCCCN(C)C(=O)CCON(Cc1ccccc1)Cc1ccccc1)C(=O)CCON(Cc1ccccc1)Cc1ccccc1. The summed E-state index contributed by atoms with van der Waals surface area (Å²) in [4.78, 5) is 41.4. The maximum absolute atomic E-state index is 12.8. The molecule has 0 aliphatic rings. The van der Waals surface area contributed by atoms with Crippen LogP contribution in [0.2, 0.25) is 0 Å². The average molecular weight is 679 g/mol. The predicted molar refractivity (Wildman–Crippen MR) is 199 cm³/mol. The van der Waals surface area contributed by atoms with Crippen molar-refractivity contribution >= 4 is 11.8 Å². The van der Waals surface area contributed by atoms with Gasteiger partial charge in [-0.2, -0.15) is 10.1 Å². The first-order chi connectivity index (χ1) is 24.5. The Bertz CT molecular complexity index is 1290. The molecule has 8 nitrogen and oxygen atoms in total. The lowest BCUT2D eigenvalue weighted by Crippen LogP contribution is -2.31. The average Bonchev–Trinajstić information content (AvgIpc) is 3.14. The molecule has 0 unspecified atom stereocenters. The van der Waals surface area contributed by atoms with E-state index in [9.17, 15) is 9.59 Å². The number of amides is 2. The minimum absolute atomic E-state index is 0.0861. The highest BCUT2D eigenvalue weighted by atomic mass is 16.7. The van der Waals surface area contributed by atoms with Crippen LogP contribution in [-0.2, 0) is 45.4 Å². The first-order valence-corrected chi connectivity index (χ1v) is 17.9. The molecule has 0 bridgehead atoms. The lowest BCUT2D eigenvalue weighted by molar-refractivity contribution is -0.178. The van der Waals surface area contributed by atoms with E-state index in [0.29, 0.717) is 65.3 Å². The van der Waals surface area contributed by atoms with Crippen molar-refractivity contribution in [2.24, 2.45) is 0 Å². The van der Waals surface area contributed by atoms with Crippen molar-refractivity contribution < 1.29 is 19.3 Å². The first-order valence-electron chi connectivity index (χ1n) is 17.9. The van der Waals surface area contributed by atoms with Crippen LogP contribution in [0, 0.1) is 0 Å². The molecule has 0 radical (unpaired) electrons. The van der Waals surface area contributed by atoms with Gasteiger partial charge in [-0.3, -0.25) is 19.3 Å². The molecule has 0 saturated carbocycles. The number of carbonyl (C=O) groups excluding carboxylic acids is 2. The molecular weight excluding hydrogens is 624 g/mol. The van der Waals surface area contributed by atoms with Gasteiger partial charge in [-0.05, 0) is 35.1 Å². The number of carbonyl (C=O) groups is 2. The van der Waals surface area contributed by atoms with Crippen molar-refractivity contribution in [3.05, 3.63) is 144 Å². The van der Waals surface area contributed by atoms with Gasteiger partial charge in [0.25, 0.3) is 0 Å². The van der Waals surface area contributed by atoms with Gasteiger partial charge in [0.2, 0.25) is 11.8 Å². The highest BCUT2D eigenvalue weighted by molar-refractivity contribution is 5.76. The van der Waals surface area contributed by atoms with Crippen LogP contribution >= 0.6 is 0 Å². The van der Waals surface area contributed by atoms with Crippen LogP contribution in [0.25, 0.3) is 0 Å². The van der Waals surface area contributed by atoms with Gasteiger partial charge in [0.05, 0.1) is 26.1 Å². The molecule has 4 aromatic carbocycles. The van der Waals surface area contributed by atoms with Gasteiger partial charge in [-0.1, -0.05) is 134 Å². The quantitative estimate of drug-likeness (QED) is 0.0598. The lowest BCUT2D eigenvalue weighted by atomic mass is 10.2. The third kappa shape index (κ3) is 15.0. The van der Waals surface area contributed by atoms with Gasteiger partial charge in [0.1, 0.15) is 0 Å². The van der Waals surface area contributed by atoms with Crippen LogP contribution < -0.4 is 0 Å². The van der Waals surface area contributed by atoms with E-state index in [1.165, 1.54) is 0 Å². The van der Waals surface area contributed by atoms with Gasteiger partial charge < -0.3 is 9.80 Å². The van der Waals surface area contributed by atoms with E-state index in [0.717, 1.165) is 47.9 Å². The maximum atomic E-state index is 12.8. The van der Waals surface area contributed by atoms with E-state index in [4.69, 9.17) is 9.68 Å². The minimum atomic E-state index is 0.0861. The zero-order valence-electron chi connectivity index (χ0n) is 29.9. The van der Waals surface area contributed by atoms with Gasteiger partial charge >= 0.3 is 0 Å². The van der Waals surface area contributed by atoms with Crippen molar-refractivity contribution in [1.29, 1.82) is 0 Å². The highest BCUT2D eigenvalue weighted by Crippen LogP contribution is 2.13. The highest BCUT2D eigenvalue weighted by Gasteiger charge is 2.14. The summed E-state index contributed by atoms with van der Waals surface area (Å²) in [5, 5.41) is 3.86. The zero-order chi connectivity index (χ0) is 35.2. The molecule has 266 valence electrons. The molecule has 0 fully saturated rings. The van der Waals surface area contributed by atoms with Crippen molar-refractivity contribution in [3.63, 3.8) is 0 Å². The van der Waals surface area contributed by atoms with Crippen LogP contribution in [-0.4, -0.2) is 72.1 Å². The Morgan fingerprint density at radius 1 is 0.440 bits per heavy atom. The van der Waals surface area contributed by atoms with Crippen molar-refractivity contribution in [3.8, 4) is 0 Å². The number of hydroxylamine groups is 4. The number of rotatable bonds is 23. The van der Waals surface area contributed by atoms with Gasteiger partial charge in [-0.25, -0.2) is 0 Å². The van der Waals surface area contributed by atoms with Gasteiger partial charge in [0, 0.05) is 53.4 Å². The van der Waals surface area contributed by atoms with E-state index in [2.05, 4.69) is 48.5 Å². The smallest absolute Gasteiger partial charge is 0.224 e. The number of benzene rings is 4. The van der Waals surface area contributed by atoms with E-state index < -0.39 is 0 Å². The predicted octanol–water partition coefficient (Wildman–Crippen LogP) is 7.51. The Morgan fingerprint density at radius 3 is 1.00 bits per heavy atom. The van der Waals surface area contributed by atoms with E-state index in [1.54, 1.807) is 9.80 Å². The molecule has 0 aliphatic heterocycles. The van der Waals surface area contributed by atoms with E-state index in [1.807, 2.05) is 97.0 Å². The molecule has 4 aromatic rings. The van der Waals surface area contributed by atoms with Crippen LogP contribution in [0.1, 0.15) is 60.8 Å². The van der Waals surface area contributed by atoms with Crippen LogP contribution in [0.4, 0.5) is 0 Å². The maximum Gasteiger partial charge on any atom is 0.224 e. The number of hydrogen-bond donors (Lipinski definition) is 0. The summed E-state index contributed by atoms with van der Waals surface area (Å²) in [6, 6.07) is 40.9. The topological polar surface area (TPSA) is 65.6 Å². The van der Waals surface area contributed by atoms with E-state index in [-0.39, 0.29) is 11.8 Å². The summed E-state index contributed by atoms with van der Waals surface area (Å²) in [5.41, 5.74) is 4.66. The Morgan fingerprint density at radius 2 is 0.720 bits per heavy atom. The Hall–Kier alpha value is -4.34. The second kappa shape index (κ2) is 22.4. The normalized spacial score (nSPS) is 11.2. The fourth-order valence-corrected chi connectivity index (χ4v) is 5.65. The Balaban J connectivity index is 1.07. The van der Waals surface area contributed by atoms with E-state index >= 15 is 0 Å². The first kappa shape index (κ1) is 38.5. The molecule has 0 saturated heterocycles.